The topological polar surface area (TPSA) is 63.5 Å². The second-order valence-corrected chi connectivity index (χ2v) is 6.20. The third kappa shape index (κ3) is 6.02. The van der Waals surface area contributed by atoms with Crippen LogP contribution in [0.5, 0.6) is 5.75 Å². The van der Waals surface area contributed by atoms with Crippen LogP contribution in [0.25, 0.3) is 10.8 Å². The smallest absolute Gasteiger partial charge is 0.191 e. The maximum Gasteiger partial charge on any atom is 0.191 e. The van der Waals surface area contributed by atoms with Gasteiger partial charge in [-0.15, -0.1) is 0 Å². The van der Waals surface area contributed by atoms with Gasteiger partial charge in [0.1, 0.15) is 5.75 Å². The third-order valence-corrected chi connectivity index (χ3v) is 4.13. The first-order valence-electron chi connectivity index (χ1n) is 9.44. The quantitative estimate of drug-likeness (QED) is 0.348. The Bertz CT molecular complexity index is 845. The van der Waals surface area contributed by atoms with Crippen LogP contribution in [0.3, 0.4) is 0 Å². The van der Waals surface area contributed by atoms with Crippen LogP contribution in [0.1, 0.15) is 13.3 Å². The normalized spacial score (nSPS) is 11.5. The van der Waals surface area contributed by atoms with Crippen molar-refractivity contribution in [1.29, 1.82) is 0 Å². The minimum atomic E-state index is 0.649. The number of aliphatic imine (C=N–C) groups is 1. The molecule has 6 nitrogen and oxygen atoms in total. The molecular formula is C21H27N5O. The highest BCUT2D eigenvalue weighted by Gasteiger charge is 1.99. The van der Waals surface area contributed by atoms with Crippen LogP contribution < -0.4 is 15.4 Å². The summed E-state index contributed by atoms with van der Waals surface area (Å²) in [5.74, 6) is 1.74. The molecule has 2 N–H and O–H groups in total. The number of nitrogens with zero attached hydrogens (tertiary/aromatic N) is 3. The summed E-state index contributed by atoms with van der Waals surface area (Å²) >= 11 is 0. The lowest BCUT2D eigenvalue weighted by atomic mass is 10.1. The van der Waals surface area contributed by atoms with Crippen molar-refractivity contribution >= 4 is 16.7 Å². The minimum absolute atomic E-state index is 0.649. The van der Waals surface area contributed by atoms with Gasteiger partial charge in [-0.1, -0.05) is 30.3 Å². The lowest BCUT2D eigenvalue weighted by molar-refractivity contribution is 0.314. The summed E-state index contributed by atoms with van der Waals surface area (Å²) in [5, 5.41) is 9.03. The van der Waals surface area contributed by atoms with Gasteiger partial charge >= 0.3 is 0 Å². The minimum Gasteiger partial charge on any atom is -0.494 e. The average molecular weight is 365 g/mol. The molecule has 0 atom stereocenters. The molecule has 0 aliphatic rings. The van der Waals surface area contributed by atoms with Crippen molar-refractivity contribution in [3.63, 3.8) is 0 Å². The van der Waals surface area contributed by atoms with E-state index in [1.807, 2.05) is 35.3 Å². The van der Waals surface area contributed by atoms with E-state index < -0.39 is 0 Å². The van der Waals surface area contributed by atoms with Crippen molar-refractivity contribution in [2.24, 2.45) is 4.99 Å². The molecule has 0 unspecified atom stereocenters. The average Bonchev–Trinajstić information content (AvgIpc) is 3.21. The summed E-state index contributed by atoms with van der Waals surface area (Å²) in [6, 6.07) is 14.5. The molecule has 0 spiro atoms. The van der Waals surface area contributed by atoms with Crippen LogP contribution in [-0.4, -0.2) is 41.8 Å². The van der Waals surface area contributed by atoms with Crippen molar-refractivity contribution in [1.82, 2.24) is 20.2 Å². The number of rotatable bonds is 9. The second-order valence-electron chi connectivity index (χ2n) is 6.20. The maximum atomic E-state index is 5.87. The van der Waals surface area contributed by atoms with E-state index in [-0.39, 0.29) is 0 Å². The highest BCUT2D eigenvalue weighted by atomic mass is 16.5. The highest BCUT2D eigenvalue weighted by molar-refractivity contribution is 5.83. The predicted octanol–water partition coefficient (Wildman–Crippen LogP) is 3.06. The van der Waals surface area contributed by atoms with Crippen LogP contribution in [0.15, 0.2) is 66.2 Å². The second kappa shape index (κ2) is 10.2. The molecule has 0 amide bonds. The Kier molecular flexibility index (Phi) is 7.09. The Hall–Kier alpha value is -3.02. The molecular weight excluding hydrogens is 338 g/mol. The number of fused-ring (bicyclic) bond motifs is 1. The van der Waals surface area contributed by atoms with Gasteiger partial charge in [-0.05, 0) is 29.8 Å². The fraction of sp³-hybridized carbons (Fsp3) is 0.333. The molecule has 0 saturated carbocycles. The number of benzene rings is 2. The van der Waals surface area contributed by atoms with Gasteiger partial charge in [-0.25, -0.2) is 4.98 Å². The van der Waals surface area contributed by atoms with Crippen molar-refractivity contribution in [2.75, 3.05) is 26.2 Å². The van der Waals surface area contributed by atoms with E-state index in [1.165, 1.54) is 10.8 Å². The van der Waals surface area contributed by atoms with Crippen molar-refractivity contribution < 1.29 is 4.74 Å². The summed E-state index contributed by atoms with van der Waals surface area (Å²) in [6.45, 7) is 5.93. The van der Waals surface area contributed by atoms with Crippen molar-refractivity contribution in [3.8, 4) is 5.75 Å². The fourth-order valence-electron chi connectivity index (χ4n) is 2.77. The van der Waals surface area contributed by atoms with Gasteiger partial charge in [-0.2, -0.15) is 0 Å². The number of hydrogen-bond acceptors (Lipinski definition) is 3. The molecule has 0 saturated heterocycles. The summed E-state index contributed by atoms with van der Waals surface area (Å²) in [6.07, 6.45) is 6.42. The number of imidazole rings is 1. The van der Waals surface area contributed by atoms with E-state index in [0.717, 1.165) is 37.8 Å². The van der Waals surface area contributed by atoms with Gasteiger partial charge in [-0.3, -0.25) is 4.99 Å². The maximum absolute atomic E-state index is 5.87. The molecule has 3 aromatic rings. The zero-order valence-corrected chi connectivity index (χ0v) is 15.8. The Morgan fingerprint density at radius 1 is 1.15 bits per heavy atom. The molecule has 142 valence electrons. The van der Waals surface area contributed by atoms with Crippen LogP contribution in [0, 0.1) is 0 Å². The molecule has 27 heavy (non-hydrogen) atoms. The van der Waals surface area contributed by atoms with Gasteiger partial charge in [0.05, 0.1) is 12.9 Å². The molecule has 1 heterocycles. The zero-order valence-electron chi connectivity index (χ0n) is 15.8. The monoisotopic (exact) mass is 365 g/mol. The van der Waals surface area contributed by atoms with E-state index in [0.29, 0.717) is 13.2 Å². The largest absolute Gasteiger partial charge is 0.494 e. The van der Waals surface area contributed by atoms with Gasteiger partial charge in [0.25, 0.3) is 0 Å². The van der Waals surface area contributed by atoms with E-state index in [9.17, 15) is 0 Å². The lowest BCUT2D eigenvalue weighted by Gasteiger charge is -2.11. The summed E-state index contributed by atoms with van der Waals surface area (Å²) in [7, 11) is 0. The van der Waals surface area contributed by atoms with Crippen LogP contribution >= 0.6 is 0 Å². The molecule has 1 aromatic heterocycles. The summed E-state index contributed by atoms with van der Waals surface area (Å²) in [5.41, 5.74) is 0. The first-order valence-corrected chi connectivity index (χ1v) is 9.44. The van der Waals surface area contributed by atoms with Crippen molar-refractivity contribution in [2.45, 2.75) is 19.9 Å². The standard InChI is InChI=1S/C21H27N5O/c1-2-23-21(25-12-14-26-13-11-22-17-26)24-10-5-15-27-20-9-8-18-6-3-4-7-19(18)16-20/h3-4,6-9,11,13,16-17H,2,5,10,12,14-15H2,1H3,(H2,23,24,25). The summed E-state index contributed by atoms with van der Waals surface area (Å²) in [4.78, 5) is 8.65. The van der Waals surface area contributed by atoms with Gasteiger partial charge in [0, 0.05) is 45.0 Å². The van der Waals surface area contributed by atoms with Gasteiger partial charge in [0.2, 0.25) is 0 Å². The number of hydrogen-bond donors (Lipinski definition) is 2. The van der Waals surface area contributed by atoms with Crippen molar-refractivity contribution in [3.05, 3.63) is 61.2 Å². The number of ether oxygens (including phenoxy) is 1. The molecule has 0 aliphatic heterocycles. The molecule has 6 heteroatoms. The Morgan fingerprint density at radius 3 is 2.85 bits per heavy atom. The Balaban J connectivity index is 1.40. The zero-order chi connectivity index (χ0) is 18.7. The van der Waals surface area contributed by atoms with E-state index in [4.69, 9.17) is 4.74 Å². The van der Waals surface area contributed by atoms with Gasteiger partial charge < -0.3 is 19.9 Å². The highest BCUT2D eigenvalue weighted by Crippen LogP contribution is 2.20. The molecule has 3 rings (SSSR count). The van der Waals surface area contributed by atoms with Crippen LogP contribution in [0.4, 0.5) is 0 Å². The SMILES string of the molecule is CCNC(=NCCCOc1ccc2ccccc2c1)NCCn1ccnc1. The molecule has 0 bridgehead atoms. The molecule has 2 aromatic carbocycles. The fourth-order valence-corrected chi connectivity index (χ4v) is 2.77. The number of aromatic nitrogens is 2. The Labute approximate surface area is 160 Å². The summed E-state index contributed by atoms with van der Waals surface area (Å²) < 4.78 is 7.90. The number of nitrogens with one attached hydrogen (secondary N) is 2. The molecule has 0 aliphatic carbocycles. The predicted molar refractivity (Wildman–Crippen MR) is 110 cm³/mol. The number of guanidine groups is 1. The van der Waals surface area contributed by atoms with Crippen LogP contribution in [0.2, 0.25) is 0 Å². The lowest BCUT2D eigenvalue weighted by Crippen LogP contribution is -2.38. The van der Waals surface area contributed by atoms with Gasteiger partial charge in [0.15, 0.2) is 5.96 Å². The Morgan fingerprint density at radius 2 is 2.04 bits per heavy atom. The first kappa shape index (κ1) is 18.8. The van der Waals surface area contributed by atoms with E-state index >= 15 is 0 Å². The molecule has 0 fully saturated rings. The first-order chi connectivity index (χ1) is 13.3. The van der Waals surface area contributed by atoms with E-state index in [2.05, 4.69) is 51.8 Å². The van der Waals surface area contributed by atoms with Crippen LogP contribution in [-0.2, 0) is 6.54 Å². The molecule has 0 radical (unpaired) electrons. The third-order valence-electron chi connectivity index (χ3n) is 4.13. The van der Waals surface area contributed by atoms with E-state index in [1.54, 1.807) is 6.20 Å².